The largest absolute Gasteiger partial charge is 0.479 e. The molecule has 0 saturated carbocycles. The molecule has 0 saturated heterocycles. The molecule has 0 fully saturated rings. The molecule has 0 aromatic carbocycles. The molecule has 0 aliphatic rings. The van der Waals surface area contributed by atoms with Crippen LogP contribution in [0.3, 0.4) is 0 Å². The molecule has 2 aromatic heterocycles. The van der Waals surface area contributed by atoms with Crippen molar-refractivity contribution >= 4 is 10.9 Å². The van der Waals surface area contributed by atoms with Crippen molar-refractivity contribution < 1.29 is 17.9 Å². The lowest BCUT2D eigenvalue weighted by atomic mass is 10.1. The van der Waals surface area contributed by atoms with Gasteiger partial charge in [0.25, 0.3) is 0 Å². The normalized spacial score (nSPS) is 11.1. The van der Waals surface area contributed by atoms with Crippen LogP contribution in [0.2, 0.25) is 0 Å². The van der Waals surface area contributed by atoms with E-state index in [9.17, 15) is 13.2 Å². The highest BCUT2D eigenvalue weighted by atomic mass is 19.4. The number of nitrogens with one attached hydrogen (secondary N) is 1. The Morgan fingerprint density at radius 2 is 1.89 bits per heavy atom. The number of aromatic amines is 1. The van der Waals surface area contributed by atoms with Gasteiger partial charge in [-0.3, -0.25) is 0 Å². The number of methoxy groups -OCH3 is 1. The molecule has 1 N–H and O–H groups in total. The fraction of sp³-hybridized carbons (Fsp3) is 0.417. The summed E-state index contributed by atoms with van der Waals surface area (Å²) < 4.78 is 43.0. The first-order valence-corrected chi connectivity index (χ1v) is 5.53. The zero-order chi connectivity index (χ0) is 13.9. The van der Waals surface area contributed by atoms with Gasteiger partial charge >= 0.3 is 6.18 Å². The van der Waals surface area contributed by atoms with Gasteiger partial charge in [0.2, 0.25) is 5.88 Å². The van der Waals surface area contributed by atoms with Crippen LogP contribution in [-0.4, -0.2) is 17.1 Å². The summed E-state index contributed by atoms with van der Waals surface area (Å²) in [5.41, 5.74) is 0.0416. The molecule has 2 rings (SSSR count). The lowest BCUT2D eigenvalue weighted by molar-refractivity contribution is -0.136. The first-order chi connectivity index (χ1) is 8.45. The molecule has 0 amide bonds. The number of ether oxygens (including phenoxy) is 1. The average molecular weight is 260 g/mol. The van der Waals surface area contributed by atoms with Gasteiger partial charge in [0.05, 0.1) is 12.7 Å². The summed E-state index contributed by atoms with van der Waals surface area (Å²) in [5.74, 6) is 0.163. The number of H-pyrrole nitrogens is 1. The summed E-state index contributed by atoms with van der Waals surface area (Å²) in [5, 5.41) is 0.111. The van der Waals surface area contributed by atoms with E-state index < -0.39 is 11.7 Å². The minimum atomic E-state index is -4.41. The van der Waals surface area contributed by atoms with Gasteiger partial charge in [-0.1, -0.05) is 13.8 Å². The van der Waals surface area contributed by atoms with Crippen molar-refractivity contribution in [3.05, 3.63) is 23.5 Å². The quantitative estimate of drug-likeness (QED) is 0.843. The second-order valence-electron chi connectivity index (χ2n) is 3.40. The Kier molecular flexibility index (Phi) is 4.21. The molecule has 0 radical (unpaired) electrons. The number of pyridine rings is 1. The average Bonchev–Trinajstić information content (AvgIpc) is 2.72. The highest BCUT2D eigenvalue weighted by Gasteiger charge is 2.34. The SMILES string of the molecule is CC.COc1ncc(C(F)(F)F)c2c(C)c[nH]c12. The molecule has 0 spiro atoms. The Morgan fingerprint density at radius 1 is 1.28 bits per heavy atom. The molecule has 18 heavy (non-hydrogen) atoms. The minimum absolute atomic E-state index is 0.111. The lowest BCUT2D eigenvalue weighted by Crippen LogP contribution is -2.07. The Balaban J connectivity index is 0.000000771. The zero-order valence-corrected chi connectivity index (χ0v) is 10.6. The number of aromatic nitrogens is 2. The second-order valence-corrected chi connectivity index (χ2v) is 3.40. The van der Waals surface area contributed by atoms with E-state index in [0.717, 1.165) is 6.20 Å². The van der Waals surface area contributed by atoms with Crippen molar-refractivity contribution in [2.75, 3.05) is 7.11 Å². The molecule has 0 aliphatic carbocycles. The molecule has 100 valence electrons. The molecular formula is C12H15F3N2O. The van der Waals surface area contributed by atoms with Crippen molar-refractivity contribution in [2.24, 2.45) is 0 Å². The van der Waals surface area contributed by atoms with Gasteiger partial charge in [-0.25, -0.2) is 4.98 Å². The van der Waals surface area contributed by atoms with Crippen molar-refractivity contribution in [3.63, 3.8) is 0 Å². The number of nitrogens with zero attached hydrogens (tertiary/aromatic N) is 1. The summed E-state index contributed by atoms with van der Waals surface area (Å²) in [4.78, 5) is 6.36. The smallest absolute Gasteiger partial charge is 0.418 e. The number of hydrogen-bond acceptors (Lipinski definition) is 2. The molecule has 6 heteroatoms. The fourth-order valence-corrected chi connectivity index (χ4v) is 1.66. The van der Waals surface area contributed by atoms with E-state index in [1.54, 1.807) is 6.92 Å². The van der Waals surface area contributed by atoms with Crippen LogP contribution < -0.4 is 4.74 Å². The number of rotatable bonds is 1. The van der Waals surface area contributed by atoms with E-state index >= 15 is 0 Å². The van der Waals surface area contributed by atoms with Gasteiger partial charge in [-0.05, 0) is 12.5 Å². The topological polar surface area (TPSA) is 37.9 Å². The Labute approximate surface area is 103 Å². The van der Waals surface area contributed by atoms with Gasteiger partial charge in [-0.2, -0.15) is 13.2 Å². The van der Waals surface area contributed by atoms with Crippen LogP contribution in [0.1, 0.15) is 25.0 Å². The van der Waals surface area contributed by atoms with Crippen molar-refractivity contribution in [2.45, 2.75) is 26.9 Å². The Hall–Kier alpha value is -1.72. The standard InChI is InChI=1S/C10H9F3N2O.C2H6/c1-5-3-14-8-7(5)6(10(11,12)13)4-15-9(8)16-2;1-2/h3-4,14H,1-2H3;1-2H3. The maximum atomic E-state index is 12.7. The first-order valence-electron chi connectivity index (χ1n) is 5.53. The van der Waals surface area contributed by atoms with E-state index in [0.29, 0.717) is 5.56 Å². The summed E-state index contributed by atoms with van der Waals surface area (Å²) in [6.45, 7) is 5.60. The summed E-state index contributed by atoms with van der Waals surface area (Å²) in [6, 6.07) is 0. The molecule has 2 aromatic rings. The van der Waals surface area contributed by atoms with Crippen molar-refractivity contribution in [1.29, 1.82) is 0 Å². The maximum Gasteiger partial charge on any atom is 0.418 e. The van der Waals surface area contributed by atoms with Crippen molar-refractivity contribution in [3.8, 4) is 5.88 Å². The Morgan fingerprint density at radius 3 is 2.39 bits per heavy atom. The van der Waals surface area contributed by atoms with Crippen LogP contribution >= 0.6 is 0 Å². The van der Waals surface area contributed by atoms with Crippen molar-refractivity contribution in [1.82, 2.24) is 9.97 Å². The highest BCUT2D eigenvalue weighted by molar-refractivity contribution is 5.90. The first kappa shape index (κ1) is 14.3. The predicted molar refractivity (Wildman–Crippen MR) is 63.7 cm³/mol. The number of hydrogen-bond donors (Lipinski definition) is 1. The van der Waals surface area contributed by atoms with Crippen LogP contribution in [0.25, 0.3) is 10.9 Å². The van der Waals surface area contributed by atoms with E-state index in [2.05, 4.69) is 9.97 Å². The van der Waals surface area contributed by atoms with Crippen LogP contribution in [0, 0.1) is 6.92 Å². The van der Waals surface area contributed by atoms with E-state index in [1.807, 2.05) is 13.8 Å². The number of halogens is 3. The summed E-state index contributed by atoms with van der Waals surface area (Å²) in [7, 11) is 1.37. The Bertz CT molecular complexity index is 532. The summed E-state index contributed by atoms with van der Waals surface area (Å²) >= 11 is 0. The lowest BCUT2D eigenvalue weighted by Gasteiger charge is -2.09. The molecule has 2 heterocycles. The van der Waals surface area contributed by atoms with Crippen LogP contribution in [0.15, 0.2) is 12.4 Å². The third-order valence-electron chi connectivity index (χ3n) is 2.37. The van der Waals surface area contributed by atoms with Gasteiger partial charge < -0.3 is 9.72 Å². The number of aryl methyl sites for hydroxylation is 1. The molecule has 0 atom stereocenters. The molecule has 0 aliphatic heterocycles. The van der Waals surface area contributed by atoms with Gasteiger partial charge in [0, 0.05) is 17.8 Å². The van der Waals surface area contributed by atoms with Crippen LogP contribution in [-0.2, 0) is 6.18 Å². The van der Waals surface area contributed by atoms with Gasteiger partial charge in [0.15, 0.2) is 0 Å². The number of fused-ring (bicyclic) bond motifs is 1. The predicted octanol–water partition coefficient (Wildman–Crippen LogP) is 3.92. The second kappa shape index (κ2) is 5.29. The van der Waals surface area contributed by atoms with E-state index in [-0.39, 0.29) is 16.8 Å². The van der Waals surface area contributed by atoms with Crippen LogP contribution in [0.4, 0.5) is 13.2 Å². The molecule has 0 bridgehead atoms. The van der Waals surface area contributed by atoms with Gasteiger partial charge in [0.1, 0.15) is 5.52 Å². The zero-order valence-electron chi connectivity index (χ0n) is 10.6. The van der Waals surface area contributed by atoms with Gasteiger partial charge in [-0.15, -0.1) is 0 Å². The highest BCUT2D eigenvalue weighted by Crippen LogP contribution is 2.37. The molecule has 0 unspecified atom stereocenters. The third kappa shape index (κ3) is 2.42. The molecule has 3 nitrogen and oxygen atoms in total. The monoisotopic (exact) mass is 260 g/mol. The minimum Gasteiger partial charge on any atom is -0.479 e. The fourth-order valence-electron chi connectivity index (χ4n) is 1.66. The van der Waals surface area contributed by atoms with E-state index in [4.69, 9.17) is 4.74 Å². The maximum absolute atomic E-state index is 12.7. The summed E-state index contributed by atoms with van der Waals surface area (Å²) in [6.07, 6.45) is -2.11. The number of alkyl halides is 3. The third-order valence-corrected chi connectivity index (χ3v) is 2.37. The van der Waals surface area contributed by atoms with E-state index in [1.165, 1.54) is 13.3 Å². The van der Waals surface area contributed by atoms with Crippen LogP contribution in [0.5, 0.6) is 5.88 Å². The molecular weight excluding hydrogens is 245 g/mol.